The number of alkyl halides is 3. The summed E-state index contributed by atoms with van der Waals surface area (Å²) in [7, 11) is 0. The minimum atomic E-state index is -4.60. The molecule has 7 heteroatoms. The highest BCUT2D eigenvalue weighted by molar-refractivity contribution is 6.44. The quantitative estimate of drug-likeness (QED) is 0.807. The standard InChI is InChI=1S/C8H4Cl2F3NO/c9-5-2-1-4(8(11,12)13)7(6(5)10)14-3-15/h1-3H,(H,14,15). The summed E-state index contributed by atoms with van der Waals surface area (Å²) in [6.07, 6.45) is -4.49. The van der Waals surface area contributed by atoms with E-state index in [1.165, 1.54) is 0 Å². The van der Waals surface area contributed by atoms with Crippen molar-refractivity contribution in [1.29, 1.82) is 0 Å². The summed E-state index contributed by atoms with van der Waals surface area (Å²) in [4.78, 5) is 10.1. The number of hydrogen-bond acceptors (Lipinski definition) is 1. The summed E-state index contributed by atoms with van der Waals surface area (Å²) >= 11 is 11.0. The molecule has 0 unspecified atom stereocenters. The number of rotatable bonds is 2. The van der Waals surface area contributed by atoms with Crippen LogP contribution in [0.4, 0.5) is 18.9 Å². The fourth-order valence-corrected chi connectivity index (χ4v) is 1.36. The average Bonchev–Trinajstić information content (AvgIpc) is 2.11. The molecule has 1 N–H and O–H groups in total. The zero-order valence-electron chi connectivity index (χ0n) is 7.03. The first-order chi connectivity index (χ1) is 6.88. The molecule has 0 saturated heterocycles. The Morgan fingerprint density at radius 2 is 1.87 bits per heavy atom. The highest BCUT2D eigenvalue weighted by Crippen LogP contribution is 2.41. The van der Waals surface area contributed by atoms with Crippen LogP contribution in [0.1, 0.15) is 5.56 Å². The number of benzene rings is 1. The van der Waals surface area contributed by atoms with Crippen molar-refractivity contribution in [3.8, 4) is 0 Å². The third kappa shape index (κ3) is 2.54. The molecular formula is C8H4Cl2F3NO. The van der Waals surface area contributed by atoms with Gasteiger partial charge in [-0.1, -0.05) is 23.2 Å². The molecule has 0 aliphatic carbocycles. The van der Waals surface area contributed by atoms with Crippen molar-refractivity contribution < 1.29 is 18.0 Å². The molecule has 0 aromatic heterocycles. The van der Waals surface area contributed by atoms with E-state index in [1.807, 2.05) is 5.32 Å². The van der Waals surface area contributed by atoms with Gasteiger partial charge in [0.25, 0.3) is 0 Å². The van der Waals surface area contributed by atoms with Gasteiger partial charge in [0.15, 0.2) is 0 Å². The van der Waals surface area contributed by atoms with Crippen LogP contribution in [0.15, 0.2) is 12.1 Å². The van der Waals surface area contributed by atoms with Crippen LogP contribution in [0, 0.1) is 0 Å². The number of carbonyl (C=O) groups excluding carboxylic acids is 1. The topological polar surface area (TPSA) is 29.1 Å². The Hall–Kier alpha value is -0.940. The molecular weight excluding hydrogens is 254 g/mol. The summed E-state index contributed by atoms with van der Waals surface area (Å²) in [6.45, 7) is 0. The monoisotopic (exact) mass is 257 g/mol. The molecule has 0 bridgehead atoms. The average molecular weight is 258 g/mol. The molecule has 1 aromatic carbocycles. The first-order valence-electron chi connectivity index (χ1n) is 3.63. The van der Waals surface area contributed by atoms with Crippen LogP contribution in [0.2, 0.25) is 10.0 Å². The van der Waals surface area contributed by atoms with Gasteiger partial charge in [-0.05, 0) is 12.1 Å². The second-order valence-electron chi connectivity index (χ2n) is 2.54. The van der Waals surface area contributed by atoms with E-state index >= 15 is 0 Å². The highest BCUT2D eigenvalue weighted by Gasteiger charge is 2.34. The number of halogens is 5. The summed E-state index contributed by atoms with van der Waals surface area (Å²) in [5.74, 6) is 0. The second-order valence-corrected chi connectivity index (χ2v) is 3.33. The number of hydrogen-bond donors (Lipinski definition) is 1. The maximum atomic E-state index is 12.4. The van der Waals surface area contributed by atoms with Gasteiger partial charge >= 0.3 is 6.18 Å². The first-order valence-corrected chi connectivity index (χ1v) is 4.39. The zero-order chi connectivity index (χ0) is 11.6. The molecule has 1 aromatic rings. The summed E-state index contributed by atoms with van der Waals surface area (Å²) in [5, 5.41) is 1.48. The van der Waals surface area contributed by atoms with Crippen molar-refractivity contribution in [2.45, 2.75) is 6.18 Å². The molecule has 0 saturated carbocycles. The van der Waals surface area contributed by atoms with Crippen molar-refractivity contribution in [1.82, 2.24) is 0 Å². The number of nitrogens with one attached hydrogen (secondary N) is 1. The molecule has 0 aliphatic heterocycles. The lowest BCUT2D eigenvalue weighted by molar-refractivity contribution is -0.136. The van der Waals surface area contributed by atoms with Crippen LogP contribution in [-0.2, 0) is 11.0 Å². The van der Waals surface area contributed by atoms with Crippen molar-refractivity contribution in [3.05, 3.63) is 27.7 Å². The van der Waals surface area contributed by atoms with Gasteiger partial charge in [-0.25, -0.2) is 0 Å². The van der Waals surface area contributed by atoms with Crippen molar-refractivity contribution in [2.24, 2.45) is 0 Å². The largest absolute Gasteiger partial charge is 0.418 e. The van der Waals surface area contributed by atoms with Crippen molar-refractivity contribution in [3.63, 3.8) is 0 Å². The van der Waals surface area contributed by atoms with E-state index in [4.69, 9.17) is 23.2 Å². The van der Waals surface area contributed by atoms with Crippen LogP contribution in [0.3, 0.4) is 0 Å². The molecule has 15 heavy (non-hydrogen) atoms. The lowest BCUT2D eigenvalue weighted by Crippen LogP contribution is -2.10. The Kier molecular flexibility index (Phi) is 3.46. The van der Waals surface area contributed by atoms with Crippen LogP contribution >= 0.6 is 23.2 Å². The van der Waals surface area contributed by atoms with Gasteiger partial charge in [-0.3, -0.25) is 4.79 Å². The predicted octanol–water partition coefficient (Wildman–Crippen LogP) is 3.58. The second kappa shape index (κ2) is 4.28. The Morgan fingerprint density at radius 1 is 1.27 bits per heavy atom. The van der Waals surface area contributed by atoms with E-state index in [-0.39, 0.29) is 16.5 Å². The van der Waals surface area contributed by atoms with Gasteiger partial charge in [-0.2, -0.15) is 13.2 Å². The Labute approximate surface area is 93.0 Å². The van der Waals surface area contributed by atoms with E-state index in [0.717, 1.165) is 12.1 Å². The van der Waals surface area contributed by atoms with Gasteiger partial charge in [0.05, 0.1) is 21.3 Å². The van der Waals surface area contributed by atoms with Crippen LogP contribution in [-0.4, -0.2) is 6.41 Å². The molecule has 1 rings (SSSR count). The Balaban J connectivity index is 3.39. The number of carbonyl (C=O) groups is 1. The summed E-state index contributed by atoms with van der Waals surface area (Å²) < 4.78 is 37.3. The van der Waals surface area contributed by atoms with Crippen LogP contribution in [0.25, 0.3) is 0 Å². The van der Waals surface area contributed by atoms with Crippen LogP contribution in [0.5, 0.6) is 0 Å². The minimum absolute atomic E-state index is 0.0611. The normalized spacial score (nSPS) is 11.3. The Bertz CT molecular complexity index is 392. The molecule has 82 valence electrons. The van der Waals surface area contributed by atoms with E-state index < -0.39 is 17.4 Å². The summed E-state index contributed by atoms with van der Waals surface area (Å²) in [5.41, 5.74) is -1.57. The van der Waals surface area contributed by atoms with Crippen LogP contribution < -0.4 is 5.32 Å². The van der Waals surface area contributed by atoms with Gasteiger partial charge in [0, 0.05) is 0 Å². The van der Waals surface area contributed by atoms with E-state index in [1.54, 1.807) is 0 Å². The smallest absolute Gasteiger partial charge is 0.327 e. The maximum Gasteiger partial charge on any atom is 0.418 e. The van der Waals surface area contributed by atoms with Gasteiger partial charge in [0.2, 0.25) is 6.41 Å². The molecule has 0 fully saturated rings. The summed E-state index contributed by atoms with van der Waals surface area (Å²) in [6, 6.07) is 1.77. The predicted molar refractivity (Wildman–Crippen MR) is 51.2 cm³/mol. The molecule has 0 atom stereocenters. The fourth-order valence-electron chi connectivity index (χ4n) is 0.987. The first kappa shape index (κ1) is 12.1. The third-order valence-electron chi connectivity index (χ3n) is 1.60. The molecule has 0 spiro atoms. The third-order valence-corrected chi connectivity index (χ3v) is 2.41. The van der Waals surface area contributed by atoms with Gasteiger partial charge in [-0.15, -0.1) is 0 Å². The van der Waals surface area contributed by atoms with Crippen molar-refractivity contribution >= 4 is 35.3 Å². The van der Waals surface area contributed by atoms with E-state index in [2.05, 4.69) is 0 Å². The van der Waals surface area contributed by atoms with Crippen molar-refractivity contribution in [2.75, 3.05) is 5.32 Å². The highest BCUT2D eigenvalue weighted by atomic mass is 35.5. The minimum Gasteiger partial charge on any atom is -0.327 e. The van der Waals surface area contributed by atoms with Gasteiger partial charge in [0.1, 0.15) is 0 Å². The number of amides is 1. The molecule has 1 amide bonds. The molecule has 2 nitrogen and oxygen atoms in total. The van der Waals surface area contributed by atoms with E-state index in [9.17, 15) is 18.0 Å². The SMILES string of the molecule is O=CNc1c(C(F)(F)F)ccc(Cl)c1Cl. The van der Waals surface area contributed by atoms with Gasteiger partial charge < -0.3 is 5.32 Å². The zero-order valence-corrected chi connectivity index (χ0v) is 8.54. The lowest BCUT2D eigenvalue weighted by atomic mass is 10.1. The lowest BCUT2D eigenvalue weighted by Gasteiger charge is -2.13. The fraction of sp³-hybridized carbons (Fsp3) is 0.125. The molecule has 0 aliphatic rings. The van der Waals surface area contributed by atoms with E-state index in [0.29, 0.717) is 0 Å². The number of anilines is 1. The Morgan fingerprint density at radius 3 is 2.33 bits per heavy atom. The maximum absolute atomic E-state index is 12.4. The molecule has 0 heterocycles. The molecule has 0 radical (unpaired) electrons.